The zero-order valence-electron chi connectivity index (χ0n) is 11.2. The van der Waals surface area contributed by atoms with Crippen molar-refractivity contribution in [1.29, 1.82) is 0 Å². The molecular formula is C14H20O4. The first-order chi connectivity index (χ1) is 8.71. The van der Waals surface area contributed by atoms with Crippen molar-refractivity contribution in [3.05, 3.63) is 23.8 Å². The highest BCUT2D eigenvalue weighted by molar-refractivity contribution is 5.69. The van der Waals surface area contributed by atoms with Gasteiger partial charge < -0.3 is 14.2 Å². The van der Waals surface area contributed by atoms with E-state index in [1.807, 2.05) is 18.2 Å². The Balaban J connectivity index is 2.49. The van der Waals surface area contributed by atoms with E-state index in [0.717, 1.165) is 12.2 Å². The van der Waals surface area contributed by atoms with Gasteiger partial charge in [-0.3, -0.25) is 4.79 Å². The summed E-state index contributed by atoms with van der Waals surface area (Å²) < 4.78 is 15.4. The smallest absolute Gasteiger partial charge is 0.305 e. The molecule has 0 atom stereocenters. The number of methoxy groups -OCH3 is 2. The van der Waals surface area contributed by atoms with Crippen LogP contribution in [-0.2, 0) is 16.0 Å². The van der Waals surface area contributed by atoms with Crippen LogP contribution in [0.2, 0.25) is 0 Å². The second-order valence-electron chi connectivity index (χ2n) is 3.87. The van der Waals surface area contributed by atoms with Crippen LogP contribution in [0.1, 0.15) is 25.3 Å². The third-order valence-corrected chi connectivity index (χ3v) is 2.65. The second-order valence-corrected chi connectivity index (χ2v) is 3.87. The average molecular weight is 252 g/mol. The summed E-state index contributed by atoms with van der Waals surface area (Å²) in [6.07, 6.45) is 1.95. The van der Waals surface area contributed by atoms with Gasteiger partial charge >= 0.3 is 5.97 Å². The Labute approximate surface area is 108 Å². The van der Waals surface area contributed by atoms with Crippen LogP contribution in [0.15, 0.2) is 18.2 Å². The minimum Gasteiger partial charge on any atom is -0.493 e. The molecule has 100 valence electrons. The highest BCUT2D eigenvalue weighted by Gasteiger charge is 2.06. The SMILES string of the molecule is CCc1ccc(OCCCC(=O)OC)c(OC)c1. The zero-order valence-corrected chi connectivity index (χ0v) is 11.2. The van der Waals surface area contributed by atoms with Crippen molar-refractivity contribution >= 4 is 5.97 Å². The van der Waals surface area contributed by atoms with Crippen LogP contribution in [0.25, 0.3) is 0 Å². The van der Waals surface area contributed by atoms with Gasteiger partial charge in [-0.25, -0.2) is 0 Å². The maximum Gasteiger partial charge on any atom is 0.305 e. The molecule has 0 unspecified atom stereocenters. The Morgan fingerprint density at radius 3 is 2.61 bits per heavy atom. The molecule has 0 fully saturated rings. The van der Waals surface area contributed by atoms with Crippen molar-refractivity contribution in [2.75, 3.05) is 20.8 Å². The highest BCUT2D eigenvalue weighted by atomic mass is 16.5. The fourth-order valence-corrected chi connectivity index (χ4v) is 1.55. The van der Waals surface area contributed by atoms with Crippen molar-refractivity contribution in [1.82, 2.24) is 0 Å². The first-order valence-corrected chi connectivity index (χ1v) is 6.07. The fraction of sp³-hybridized carbons (Fsp3) is 0.500. The van der Waals surface area contributed by atoms with Crippen molar-refractivity contribution in [3.63, 3.8) is 0 Å². The minimum absolute atomic E-state index is 0.216. The van der Waals surface area contributed by atoms with E-state index in [1.54, 1.807) is 7.11 Å². The van der Waals surface area contributed by atoms with Gasteiger partial charge in [-0.05, 0) is 30.5 Å². The van der Waals surface area contributed by atoms with Gasteiger partial charge in [0.05, 0.1) is 20.8 Å². The number of benzene rings is 1. The molecule has 0 aliphatic rings. The van der Waals surface area contributed by atoms with E-state index in [1.165, 1.54) is 12.7 Å². The number of ether oxygens (including phenoxy) is 3. The molecule has 0 aliphatic heterocycles. The molecule has 0 aromatic heterocycles. The van der Waals surface area contributed by atoms with Crippen LogP contribution in [0.4, 0.5) is 0 Å². The molecule has 0 N–H and O–H groups in total. The number of carbonyl (C=O) groups is 1. The zero-order chi connectivity index (χ0) is 13.4. The lowest BCUT2D eigenvalue weighted by atomic mass is 10.1. The Hall–Kier alpha value is -1.71. The summed E-state index contributed by atoms with van der Waals surface area (Å²) in [7, 11) is 3.01. The Bertz CT molecular complexity index is 387. The number of esters is 1. The minimum atomic E-state index is -0.216. The fourth-order valence-electron chi connectivity index (χ4n) is 1.55. The van der Waals surface area contributed by atoms with Crippen LogP contribution in [0.5, 0.6) is 11.5 Å². The number of aryl methyl sites for hydroxylation is 1. The van der Waals surface area contributed by atoms with Gasteiger partial charge in [0, 0.05) is 6.42 Å². The first kappa shape index (κ1) is 14.4. The molecule has 0 saturated heterocycles. The van der Waals surface area contributed by atoms with E-state index in [0.29, 0.717) is 25.2 Å². The van der Waals surface area contributed by atoms with E-state index < -0.39 is 0 Å². The molecule has 0 heterocycles. The maximum absolute atomic E-state index is 10.9. The summed E-state index contributed by atoms with van der Waals surface area (Å²) in [6, 6.07) is 5.88. The molecule has 1 aromatic carbocycles. The van der Waals surface area contributed by atoms with Gasteiger partial charge in [0.25, 0.3) is 0 Å². The molecule has 4 heteroatoms. The molecule has 0 spiro atoms. The third-order valence-electron chi connectivity index (χ3n) is 2.65. The number of rotatable bonds is 7. The molecule has 0 bridgehead atoms. The van der Waals surface area contributed by atoms with E-state index in [-0.39, 0.29) is 5.97 Å². The van der Waals surface area contributed by atoms with Crippen molar-refractivity contribution in [3.8, 4) is 11.5 Å². The molecule has 0 amide bonds. The van der Waals surface area contributed by atoms with E-state index in [4.69, 9.17) is 9.47 Å². The summed E-state index contributed by atoms with van der Waals surface area (Å²) in [4.78, 5) is 10.9. The summed E-state index contributed by atoms with van der Waals surface area (Å²) >= 11 is 0. The van der Waals surface area contributed by atoms with Gasteiger partial charge in [0.2, 0.25) is 0 Å². The lowest BCUT2D eigenvalue weighted by molar-refractivity contribution is -0.140. The summed E-state index contributed by atoms with van der Waals surface area (Å²) in [5.74, 6) is 1.22. The van der Waals surface area contributed by atoms with Crippen LogP contribution >= 0.6 is 0 Å². The van der Waals surface area contributed by atoms with Gasteiger partial charge in [-0.15, -0.1) is 0 Å². The summed E-state index contributed by atoms with van der Waals surface area (Å²) in [6.45, 7) is 2.56. The monoisotopic (exact) mass is 252 g/mol. The quantitative estimate of drug-likeness (QED) is 0.552. The summed E-state index contributed by atoms with van der Waals surface area (Å²) in [5, 5.41) is 0. The normalized spacial score (nSPS) is 9.94. The molecule has 0 radical (unpaired) electrons. The van der Waals surface area contributed by atoms with Crippen LogP contribution in [0, 0.1) is 0 Å². The second kappa shape index (κ2) is 7.58. The van der Waals surface area contributed by atoms with Crippen LogP contribution < -0.4 is 9.47 Å². The van der Waals surface area contributed by atoms with E-state index in [9.17, 15) is 4.79 Å². The predicted molar refractivity (Wildman–Crippen MR) is 69.1 cm³/mol. The third kappa shape index (κ3) is 4.28. The lowest BCUT2D eigenvalue weighted by Crippen LogP contribution is -2.05. The first-order valence-electron chi connectivity index (χ1n) is 6.07. The number of hydrogen-bond donors (Lipinski definition) is 0. The van der Waals surface area contributed by atoms with Crippen molar-refractivity contribution < 1.29 is 19.0 Å². The van der Waals surface area contributed by atoms with Gasteiger partial charge in [0.1, 0.15) is 0 Å². The topological polar surface area (TPSA) is 44.8 Å². The van der Waals surface area contributed by atoms with Gasteiger partial charge in [0.15, 0.2) is 11.5 Å². The molecule has 4 nitrogen and oxygen atoms in total. The van der Waals surface area contributed by atoms with E-state index in [2.05, 4.69) is 11.7 Å². The number of hydrogen-bond acceptors (Lipinski definition) is 4. The predicted octanol–water partition coefficient (Wildman–Crippen LogP) is 2.59. The van der Waals surface area contributed by atoms with Crippen LogP contribution in [-0.4, -0.2) is 26.8 Å². The van der Waals surface area contributed by atoms with Gasteiger partial charge in [-0.2, -0.15) is 0 Å². The Morgan fingerprint density at radius 2 is 2.00 bits per heavy atom. The summed E-state index contributed by atoms with van der Waals surface area (Å²) in [5.41, 5.74) is 1.20. The molecule has 18 heavy (non-hydrogen) atoms. The number of carbonyl (C=O) groups excluding carboxylic acids is 1. The Morgan fingerprint density at radius 1 is 1.22 bits per heavy atom. The lowest BCUT2D eigenvalue weighted by Gasteiger charge is -2.11. The highest BCUT2D eigenvalue weighted by Crippen LogP contribution is 2.28. The Kier molecular flexibility index (Phi) is 6.05. The molecule has 0 aliphatic carbocycles. The van der Waals surface area contributed by atoms with Crippen molar-refractivity contribution in [2.24, 2.45) is 0 Å². The standard InChI is InChI=1S/C14H20O4/c1-4-11-7-8-12(13(10-11)16-2)18-9-5-6-14(15)17-3/h7-8,10H,4-6,9H2,1-3H3. The largest absolute Gasteiger partial charge is 0.493 e. The maximum atomic E-state index is 10.9. The van der Waals surface area contributed by atoms with Gasteiger partial charge in [-0.1, -0.05) is 13.0 Å². The average Bonchev–Trinajstić information content (AvgIpc) is 2.43. The molecule has 1 rings (SSSR count). The molecule has 0 saturated carbocycles. The van der Waals surface area contributed by atoms with Crippen molar-refractivity contribution in [2.45, 2.75) is 26.2 Å². The van der Waals surface area contributed by atoms with Crippen LogP contribution in [0.3, 0.4) is 0 Å². The molecule has 1 aromatic rings. The van der Waals surface area contributed by atoms with E-state index >= 15 is 0 Å². The molecular weight excluding hydrogens is 232 g/mol.